The fourth-order valence-electron chi connectivity index (χ4n) is 3.19. The van der Waals surface area contributed by atoms with E-state index in [0.717, 1.165) is 10.9 Å². The maximum atomic E-state index is 13.3. The van der Waals surface area contributed by atoms with Crippen molar-refractivity contribution < 1.29 is 8.42 Å². The molecule has 1 atom stereocenters. The Labute approximate surface area is 208 Å². The smallest absolute Gasteiger partial charge is 0.243 e. The third-order valence-electron chi connectivity index (χ3n) is 4.62. The number of rotatable bonds is 9. The predicted octanol–water partition coefficient (Wildman–Crippen LogP) is 3.88. The summed E-state index contributed by atoms with van der Waals surface area (Å²) < 4.78 is 28.1. The van der Waals surface area contributed by atoms with Crippen LogP contribution in [0.15, 0.2) is 78.0 Å². The topological polar surface area (TPSA) is 102 Å². The Bertz CT molecular complexity index is 1080. The van der Waals surface area contributed by atoms with E-state index in [-0.39, 0.29) is 67.8 Å². The van der Waals surface area contributed by atoms with Crippen LogP contribution >= 0.6 is 37.2 Å². The van der Waals surface area contributed by atoms with Gasteiger partial charge in [-0.3, -0.25) is 4.98 Å². The maximum Gasteiger partial charge on any atom is 0.243 e. The van der Waals surface area contributed by atoms with Crippen LogP contribution in [0.2, 0.25) is 0 Å². The highest BCUT2D eigenvalue weighted by molar-refractivity contribution is 7.89. The van der Waals surface area contributed by atoms with Crippen molar-refractivity contribution in [2.24, 2.45) is 11.5 Å². The van der Waals surface area contributed by atoms with Gasteiger partial charge in [0.05, 0.1) is 4.90 Å². The van der Waals surface area contributed by atoms with E-state index in [1.807, 2.05) is 48.6 Å². The van der Waals surface area contributed by atoms with Crippen molar-refractivity contribution in [3.8, 4) is 0 Å². The Morgan fingerprint density at radius 2 is 1.72 bits per heavy atom. The largest absolute Gasteiger partial charge is 0.329 e. The summed E-state index contributed by atoms with van der Waals surface area (Å²) in [6.45, 7) is 0.623. The van der Waals surface area contributed by atoms with E-state index in [9.17, 15) is 8.42 Å². The first-order valence-corrected chi connectivity index (χ1v) is 11.0. The number of nitrogens with zero attached hydrogens (tertiary/aromatic N) is 2. The van der Waals surface area contributed by atoms with Crippen LogP contribution in [-0.4, -0.2) is 43.4 Å². The zero-order valence-corrected chi connectivity index (χ0v) is 20.7. The van der Waals surface area contributed by atoms with Crippen LogP contribution in [0.5, 0.6) is 0 Å². The monoisotopic (exact) mass is 518 g/mol. The second-order valence-electron chi connectivity index (χ2n) is 6.81. The highest BCUT2D eigenvalue weighted by Gasteiger charge is 2.27. The summed E-state index contributed by atoms with van der Waals surface area (Å²) >= 11 is 0. The molecule has 176 valence electrons. The molecule has 0 saturated heterocycles. The second-order valence-corrected chi connectivity index (χ2v) is 8.72. The molecule has 0 aliphatic carbocycles. The average molecular weight is 520 g/mol. The van der Waals surface area contributed by atoms with E-state index in [2.05, 4.69) is 4.98 Å². The Hall–Kier alpha value is -1.71. The molecule has 0 spiro atoms. The molecule has 0 bridgehead atoms. The molecule has 1 aromatic heterocycles. The van der Waals surface area contributed by atoms with Crippen molar-refractivity contribution in [3.63, 3.8) is 0 Å². The number of halogens is 3. The molecule has 3 aromatic rings. The van der Waals surface area contributed by atoms with Gasteiger partial charge in [-0.25, -0.2) is 8.42 Å². The van der Waals surface area contributed by atoms with Gasteiger partial charge >= 0.3 is 0 Å². The lowest BCUT2D eigenvalue weighted by Gasteiger charge is -2.25. The predicted molar refractivity (Wildman–Crippen MR) is 139 cm³/mol. The maximum absolute atomic E-state index is 13.3. The molecule has 6 nitrogen and oxygen atoms in total. The van der Waals surface area contributed by atoms with Crippen LogP contribution in [0.1, 0.15) is 12.0 Å². The summed E-state index contributed by atoms with van der Waals surface area (Å²) in [5, 5.41) is 1.42. The molecule has 0 fully saturated rings. The van der Waals surface area contributed by atoms with Crippen LogP contribution in [0, 0.1) is 0 Å². The molecular formula is C22H29Cl3N4O2S. The molecule has 0 aliphatic heterocycles. The van der Waals surface area contributed by atoms with Crippen molar-refractivity contribution in [2.75, 3.05) is 19.6 Å². The van der Waals surface area contributed by atoms with Crippen molar-refractivity contribution in [2.45, 2.75) is 17.4 Å². The number of hydrogen-bond acceptors (Lipinski definition) is 5. The summed E-state index contributed by atoms with van der Waals surface area (Å²) in [4.78, 5) is 4.32. The summed E-state index contributed by atoms with van der Waals surface area (Å²) in [7, 11) is -3.74. The van der Waals surface area contributed by atoms with Gasteiger partial charge in [-0.2, -0.15) is 4.31 Å². The molecule has 2 aromatic carbocycles. The molecule has 10 heteroatoms. The third kappa shape index (κ3) is 7.71. The molecule has 32 heavy (non-hydrogen) atoms. The van der Waals surface area contributed by atoms with Crippen LogP contribution in [0.4, 0.5) is 0 Å². The van der Waals surface area contributed by atoms with Crippen LogP contribution in [0.3, 0.4) is 0 Å². The molecule has 4 N–H and O–H groups in total. The van der Waals surface area contributed by atoms with Gasteiger partial charge < -0.3 is 11.5 Å². The summed E-state index contributed by atoms with van der Waals surface area (Å²) in [5.74, 6) is 0. The van der Waals surface area contributed by atoms with Crippen molar-refractivity contribution in [1.29, 1.82) is 0 Å². The Morgan fingerprint density at radius 3 is 2.41 bits per heavy atom. The molecule has 3 rings (SSSR count). The number of fused-ring (bicyclic) bond motifs is 1. The molecule has 1 heterocycles. The molecule has 0 amide bonds. The minimum absolute atomic E-state index is 0. The van der Waals surface area contributed by atoms with E-state index >= 15 is 0 Å². The normalized spacial score (nSPS) is 12.1. The van der Waals surface area contributed by atoms with E-state index in [0.29, 0.717) is 11.8 Å². The van der Waals surface area contributed by atoms with Crippen molar-refractivity contribution in [1.82, 2.24) is 9.29 Å². The lowest BCUT2D eigenvalue weighted by molar-refractivity contribution is 0.390. The van der Waals surface area contributed by atoms with Gasteiger partial charge in [0.25, 0.3) is 0 Å². The lowest BCUT2D eigenvalue weighted by atomic mass is 10.1. The SMILES string of the molecule is Cl.Cl.Cl.NCCN(CC(N)C/C=C/c1ccccc1)S(=O)(=O)c1cccc2cnccc12. The minimum atomic E-state index is -3.74. The standard InChI is InChI=1S/C22H26N4O2S.3ClH/c23-13-15-26(17-20(24)10-4-8-18-6-2-1-3-7-18)29(27,28)22-11-5-9-19-16-25-14-12-21(19)22;;;/h1-9,11-12,14,16,20H,10,13,15,17,23-24H2;3*1H/b8-4+;;;. The molecule has 0 aliphatic rings. The van der Waals surface area contributed by atoms with E-state index in [1.54, 1.807) is 30.6 Å². The molecular weight excluding hydrogens is 491 g/mol. The zero-order chi connectivity index (χ0) is 20.7. The fraction of sp³-hybridized carbons (Fsp3) is 0.227. The third-order valence-corrected chi connectivity index (χ3v) is 6.55. The zero-order valence-electron chi connectivity index (χ0n) is 17.4. The van der Waals surface area contributed by atoms with Crippen LogP contribution in [0.25, 0.3) is 16.8 Å². The highest BCUT2D eigenvalue weighted by atomic mass is 35.5. The van der Waals surface area contributed by atoms with Gasteiger partial charge in [0.15, 0.2) is 0 Å². The second kappa shape index (κ2) is 14.4. The molecule has 0 saturated carbocycles. The Kier molecular flexibility index (Phi) is 13.7. The first-order valence-electron chi connectivity index (χ1n) is 9.52. The van der Waals surface area contributed by atoms with Crippen molar-refractivity contribution in [3.05, 3.63) is 78.6 Å². The summed E-state index contributed by atoms with van der Waals surface area (Å²) in [5.41, 5.74) is 13.0. The fourth-order valence-corrected chi connectivity index (χ4v) is 4.92. The van der Waals surface area contributed by atoms with Gasteiger partial charge in [0.2, 0.25) is 10.0 Å². The van der Waals surface area contributed by atoms with Gasteiger partial charge in [-0.15, -0.1) is 37.2 Å². The summed E-state index contributed by atoms with van der Waals surface area (Å²) in [6.07, 6.45) is 7.76. The van der Waals surface area contributed by atoms with E-state index in [4.69, 9.17) is 11.5 Å². The number of nitrogens with two attached hydrogens (primary N) is 2. The first-order chi connectivity index (χ1) is 14.0. The Balaban J connectivity index is 0.00000320. The number of pyridine rings is 1. The van der Waals surface area contributed by atoms with E-state index in [1.165, 1.54) is 4.31 Å². The first kappa shape index (κ1) is 30.3. The highest BCUT2D eigenvalue weighted by Crippen LogP contribution is 2.25. The Morgan fingerprint density at radius 1 is 1.00 bits per heavy atom. The van der Waals surface area contributed by atoms with Gasteiger partial charge in [0.1, 0.15) is 0 Å². The van der Waals surface area contributed by atoms with Crippen LogP contribution < -0.4 is 11.5 Å². The molecule has 0 radical (unpaired) electrons. The number of sulfonamides is 1. The summed E-state index contributed by atoms with van der Waals surface area (Å²) in [6, 6.07) is 16.5. The quantitative estimate of drug-likeness (QED) is 0.447. The van der Waals surface area contributed by atoms with Gasteiger partial charge in [-0.1, -0.05) is 54.6 Å². The molecule has 1 unspecified atom stereocenters. The number of hydrogen-bond donors (Lipinski definition) is 2. The van der Waals surface area contributed by atoms with Crippen molar-refractivity contribution >= 4 is 64.1 Å². The van der Waals surface area contributed by atoms with Gasteiger partial charge in [-0.05, 0) is 24.1 Å². The minimum Gasteiger partial charge on any atom is -0.329 e. The average Bonchev–Trinajstić information content (AvgIpc) is 2.73. The van der Waals surface area contributed by atoms with Gasteiger partial charge in [0, 0.05) is 48.8 Å². The lowest BCUT2D eigenvalue weighted by Crippen LogP contribution is -2.43. The van der Waals surface area contributed by atoms with E-state index < -0.39 is 10.0 Å². The van der Waals surface area contributed by atoms with Crippen LogP contribution in [-0.2, 0) is 10.0 Å². The number of aromatic nitrogens is 1. The number of benzene rings is 2.